The van der Waals surface area contributed by atoms with Crippen molar-refractivity contribution in [3.05, 3.63) is 0 Å². The topological polar surface area (TPSA) is 33.6 Å². The zero-order valence-electron chi connectivity index (χ0n) is 12.5. The molecule has 0 amide bonds. The van der Waals surface area contributed by atoms with Gasteiger partial charge >= 0.3 is 0 Å². The van der Waals surface area contributed by atoms with Crippen molar-refractivity contribution in [2.75, 3.05) is 18.9 Å². The van der Waals surface area contributed by atoms with Gasteiger partial charge in [-0.15, -0.1) is 0 Å². The summed E-state index contributed by atoms with van der Waals surface area (Å²) in [6.45, 7) is 1.62. The summed E-state index contributed by atoms with van der Waals surface area (Å²) >= 11 is 1.92. The minimum atomic E-state index is 0.513. The number of rotatable bonds is 4. The van der Waals surface area contributed by atoms with Gasteiger partial charge in [0.15, 0.2) is 5.17 Å². The molecule has 0 spiro atoms. The lowest BCUT2D eigenvalue weighted by Gasteiger charge is -2.36. The van der Waals surface area contributed by atoms with Gasteiger partial charge in [0.25, 0.3) is 0 Å². The summed E-state index contributed by atoms with van der Waals surface area (Å²) in [4.78, 5) is 4.70. The van der Waals surface area contributed by atoms with E-state index in [2.05, 4.69) is 5.32 Å². The fourth-order valence-electron chi connectivity index (χ4n) is 3.67. The van der Waals surface area contributed by atoms with Crippen LogP contribution in [0.5, 0.6) is 0 Å². The van der Waals surface area contributed by atoms with Crippen LogP contribution >= 0.6 is 11.8 Å². The molecular formula is C16H28N2OS. The van der Waals surface area contributed by atoms with Crippen LogP contribution in [0.4, 0.5) is 0 Å². The Morgan fingerprint density at radius 1 is 1.05 bits per heavy atom. The van der Waals surface area contributed by atoms with Gasteiger partial charge in [-0.3, -0.25) is 4.99 Å². The largest absolute Gasteiger partial charge is 0.376 e. The first-order valence-corrected chi connectivity index (χ1v) is 9.46. The molecule has 0 aromatic heterocycles. The SMILES string of the molecule is C1CCC(OCCN=C2NC3CCCCC3CS2)CC1. The first-order chi connectivity index (χ1) is 9.92. The van der Waals surface area contributed by atoms with E-state index in [0.717, 1.165) is 19.1 Å². The Kier molecular flexibility index (Phi) is 5.66. The normalized spacial score (nSPS) is 33.7. The van der Waals surface area contributed by atoms with E-state index in [4.69, 9.17) is 9.73 Å². The Morgan fingerprint density at radius 2 is 1.85 bits per heavy atom. The molecule has 1 N–H and O–H groups in total. The van der Waals surface area contributed by atoms with Crippen LogP contribution in [0.1, 0.15) is 57.8 Å². The molecule has 2 unspecified atom stereocenters. The number of fused-ring (bicyclic) bond motifs is 1. The van der Waals surface area contributed by atoms with Gasteiger partial charge in [-0.25, -0.2) is 0 Å². The number of nitrogens with zero attached hydrogens (tertiary/aromatic N) is 1. The number of amidine groups is 1. The number of ether oxygens (including phenoxy) is 1. The van der Waals surface area contributed by atoms with Crippen LogP contribution in [0.15, 0.2) is 4.99 Å². The predicted octanol–water partition coefficient (Wildman–Crippen LogP) is 3.59. The molecular weight excluding hydrogens is 268 g/mol. The van der Waals surface area contributed by atoms with E-state index in [0.29, 0.717) is 12.1 Å². The Labute approximate surface area is 127 Å². The van der Waals surface area contributed by atoms with Gasteiger partial charge in [0, 0.05) is 11.8 Å². The molecule has 114 valence electrons. The average Bonchev–Trinajstić information content (AvgIpc) is 2.52. The monoisotopic (exact) mass is 296 g/mol. The fourth-order valence-corrected chi connectivity index (χ4v) is 4.86. The van der Waals surface area contributed by atoms with Crippen LogP contribution in [0, 0.1) is 5.92 Å². The molecule has 1 aliphatic heterocycles. The summed E-state index contributed by atoms with van der Waals surface area (Å²) in [6, 6.07) is 0.697. The lowest BCUT2D eigenvalue weighted by molar-refractivity contribution is 0.0335. The van der Waals surface area contributed by atoms with E-state index in [9.17, 15) is 0 Å². The minimum absolute atomic E-state index is 0.513. The van der Waals surface area contributed by atoms with E-state index >= 15 is 0 Å². The van der Waals surface area contributed by atoms with Crippen molar-refractivity contribution in [2.24, 2.45) is 10.9 Å². The highest BCUT2D eigenvalue weighted by Gasteiger charge is 2.30. The molecule has 1 heterocycles. The second-order valence-corrected chi connectivity index (χ2v) is 7.43. The maximum absolute atomic E-state index is 5.94. The lowest BCUT2D eigenvalue weighted by Crippen LogP contribution is -2.46. The van der Waals surface area contributed by atoms with Gasteiger partial charge in [-0.2, -0.15) is 0 Å². The van der Waals surface area contributed by atoms with Gasteiger partial charge in [0.05, 0.1) is 19.3 Å². The molecule has 0 aromatic rings. The first kappa shape index (κ1) is 14.7. The van der Waals surface area contributed by atoms with Crippen LogP contribution < -0.4 is 5.32 Å². The van der Waals surface area contributed by atoms with Crippen LogP contribution in [0.25, 0.3) is 0 Å². The van der Waals surface area contributed by atoms with E-state index in [1.54, 1.807) is 0 Å². The zero-order chi connectivity index (χ0) is 13.6. The molecule has 3 fully saturated rings. The van der Waals surface area contributed by atoms with Crippen LogP contribution in [-0.2, 0) is 4.74 Å². The lowest BCUT2D eigenvalue weighted by atomic mass is 9.86. The second-order valence-electron chi connectivity index (χ2n) is 6.42. The van der Waals surface area contributed by atoms with Gasteiger partial charge in [-0.05, 0) is 31.6 Å². The highest BCUT2D eigenvalue weighted by Crippen LogP contribution is 2.31. The summed E-state index contributed by atoms with van der Waals surface area (Å²) in [5, 5.41) is 4.82. The molecule has 0 radical (unpaired) electrons. The van der Waals surface area contributed by atoms with Crippen molar-refractivity contribution in [1.82, 2.24) is 5.32 Å². The van der Waals surface area contributed by atoms with Crippen LogP contribution in [0.2, 0.25) is 0 Å². The molecule has 3 nitrogen and oxygen atoms in total. The zero-order valence-corrected chi connectivity index (χ0v) is 13.3. The maximum atomic E-state index is 5.94. The number of nitrogens with one attached hydrogen (secondary N) is 1. The summed E-state index contributed by atoms with van der Waals surface area (Å²) in [7, 11) is 0. The molecule has 4 heteroatoms. The standard InChI is InChI=1S/C16H28N2OS/c1-2-7-14(8-3-1)19-11-10-17-16-18-15-9-5-4-6-13(15)12-20-16/h13-15H,1-12H2,(H,17,18). The Morgan fingerprint density at radius 3 is 2.75 bits per heavy atom. The fraction of sp³-hybridized carbons (Fsp3) is 0.938. The van der Waals surface area contributed by atoms with Crippen LogP contribution in [0.3, 0.4) is 0 Å². The summed E-state index contributed by atoms with van der Waals surface area (Å²) in [6.07, 6.45) is 12.7. The third-order valence-electron chi connectivity index (χ3n) is 4.90. The third kappa shape index (κ3) is 4.14. The van der Waals surface area contributed by atoms with Gasteiger partial charge in [-0.1, -0.05) is 43.9 Å². The van der Waals surface area contributed by atoms with Gasteiger partial charge in [0.2, 0.25) is 0 Å². The van der Waals surface area contributed by atoms with Crippen molar-refractivity contribution >= 4 is 16.9 Å². The molecule has 3 aliphatic rings. The van der Waals surface area contributed by atoms with Crippen molar-refractivity contribution in [3.8, 4) is 0 Å². The van der Waals surface area contributed by atoms with E-state index in [-0.39, 0.29) is 0 Å². The van der Waals surface area contributed by atoms with Crippen molar-refractivity contribution in [1.29, 1.82) is 0 Å². The van der Waals surface area contributed by atoms with Crippen molar-refractivity contribution in [3.63, 3.8) is 0 Å². The van der Waals surface area contributed by atoms with E-state index in [1.165, 1.54) is 68.7 Å². The molecule has 0 aromatic carbocycles. The number of hydrogen-bond acceptors (Lipinski definition) is 3. The molecule has 2 atom stereocenters. The summed E-state index contributed by atoms with van der Waals surface area (Å²) in [5.74, 6) is 2.14. The summed E-state index contributed by atoms with van der Waals surface area (Å²) < 4.78 is 5.94. The van der Waals surface area contributed by atoms with Gasteiger partial charge < -0.3 is 10.1 Å². The maximum Gasteiger partial charge on any atom is 0.156 e. The van der Waals surface area contributed by atoms with E-state index in [1.807, 2.05) is 11.8 Å². The molecule has 0 bridgehead atoms. The Bertz CT molecular complexity index is 328. The molecule has 2 saturated carbocycles. The summed E-state index contributed by atoms with van der Waals surface area (Å²) in [5.41, 5.74) is 0. The number of hydrogen-bond donors (Lipinski definition) is 1. The highest BCUT2D eigenvalue weighted by molar-refractivity contribution is 8.13. The van der Waals surface area contributed by atoms with Gasteiger partial charge in [0.1, 0.15) is 0 Å². The van der Waals surface area contributed by atoms with Crippen molar-refractivity contribution < 1.29 is 4.74 Å². The number of thioether (sulfide) groups is 1. The average molecular weight is 296 g/mol. The Balaban J connectivity index is 1.36. The molecule has 20 heavy (non-hydrogen) atoms. The van der Waals surface area contributed by atoms with Crippen molar-refractivity contribution in [2.45, 2.75) is 69.9 Å². The predicted molar refractivity (Wildman–Crippen MR) is 86.5 cm³/mol. The van der Waals surface area contributed by atoms with E-state index < -0.39 is 0 Å². The minimum Gasteiger partial charge on any atom is -0.376 e. The molecule has 1 saturated heterocycles. The Hall–Kier alpha value is -0.220. The molecule has 2 aliphatic carbocycles. The molecule has 3 rings (SSSR count). The first-order valence-electron chi connectivity index (χ1n) is 8.47. The smallest absolute Gasteiger partial charge is 0.156 e. The second kappa shape index (κ2) is 7.69. The quantitative estimate of drug-likeness (QED) is 0.805. The third-order valence-corrected chi connectivity index (χ3v) is 6.02. The van der Waals surface area contributed by atoms with Crippen LogP contribution in [-0.4, -0.2) is 36.2 Å². The number of aliphatic imine (C=N–C) groups is 1. The highest BCUT2D eigenvalue weighted by atomic mass is 32.2.